The molecule has 0 heterocycles. The van der Waals surface area contributed by atoms with Crippen LogP contribution in [0.3, 0.4) is 0 Å². The predicted octanol–water partition coefficient (Wildman–Crippen LogP) is -5.59. The van der Waals surface area contributed by atoms with E-state index in [1.54, 1.807) is 15.7 Å². The second-order valence-electron chi connectivity index (χ2n) is 4.48. The Balaban J connectivity index is 3.39. The first-order chi connectivity index (χ1) is 8.73. The van der Waals surface area contributed by atoms with E-state index >= 15 is 0 Å². The van der Waals surface area contributed by atoms with Gasteiger partial charge in [0.1, 0.15) is 41.4 Å². The van der Waals surface area contributed by atoms with Crippen molar-refractivity contribution in [3.05, 3.63) is 5.56 Å². The number of hydrogen-bond acceptors (Lipinski definition) is 6. The maximum Gasteiger partial charge on any atom is 0.325 e. The van der Waals surface area contributed by atoms with Crippen LogP contribution in [0, 0.1) is 0 Å². The molecule has 0 amide bonds. The van der Waals surface area contributed by atoms with E-state index in [2.05, 4.69) is 4.74 Å². The van der Waals surface area contributed by atoms with Crippen molar-refractivity contribution in [1.29, 1.82) is 0 Å². The lowest BCUT2D eigenvalue weighted by Crippen LogP contribution is -2.45. The van der Waals surface area contributed by atoms with Crippen LogP contribution in [-0.2, 0) is 9.53 Å². The standard InChI is InChI=1S/C10H16B3NO5/c1-19-10(18)6(14)7(15)2-3(11)5(13)9(17)8(16)4(2)12/h6-7,15-17H,11-14H2,1H3/t6-,7-/m0/s1. The molecule has 0 radical (unpaired) electrons. The lowest BCUT2D eigenvalue weighted by molar-refractivity contribution is -0.145. The van der Waals surface area contributed by atoms with Gasteiger partial charge < -0.3 is 25.8 Å². The van der Waals surface area contributed by atoms with E-state index in [1.807, 2.05) is 0 Å². The van der Waals surface area contributed by atoms with Gasteiger partial charge in [0.15, 0.2) is 5.75 Å². The van der Waals surface area contributed by atoms with E-state index in [4.69, 9.17) is 5.73 Å². The summed E-state index contributed by atoms with van der Waals surface area (Å²) in [4.78, 5) is 11.4. The Morgan fingerprint density at radius 2 is 1.63 bits per heavy atom. The van der Waals surface area contributed by atoms with Gasteiger partial charge in [0.2, 0.25) is 0 Å². The van der Waals surface area contributed by atoms with Gasteiger partial charge in [-0.3, -0.25) is 4.79 Å². The van der Waals surface area contributed by atoms with Crippen molar-refractivity contribution >= 4 is 45.9 Å². The molecule has 2 atom stereocenters. The smallest absolute Gasteiger partial charge is 0.325 e. The number of aliphatic hydroxyl groups is 1. The van der Waals surface area contributed by atoms with Gasteiger partial charge in [-0.15, -0.1) is 0 Å². The van der Waals surface area contributed by atoms with Crippen molar-refractivity contribution in [3.8, 4) is 11.5 Å². The number of hydrogen-bond donors (Lipinski definition) is 4. The molecule has 0 saturated carbocycles. The summed E-state index contributed by atoms with van der Waals surface area (Å²) in [6.45, 7) is 0. The molecule has 0 aliphatic heterocycles. The van der Waals surface area contributed by atoms with E-state index in [9.17, 15) is 20.1 Å². The highest BCUT2D eigenvalue weighted by molar-refractivity contribution is 6.53. The lowest BCUT2D eigenvalue weighted by Gasteiger charge is -2.24. The fourth-order valence-electron chi connectivity index (χ4n) is 2.03. The maximum atomic E-state index is 11.4. The third-order valence-electron chi connectivity index (χ3n) is 3.41. The zero-order valence-corrected chi connectivity index (χ0v) is 11.4. The molecule has 0 unspecified atom stereocenters. The molecular formula is C10H16B3NO5. The van der Waals surface area contributed by atoms with Crippen molar-refractivity contribution in [2.75, 3.05) is 7.11 Å². The molecule has 0 aliphatic carbocycles. The summed E-state index contributed by atoms with van der Waals surface area (Å²) in [7, 11) is 5.98. The first-order valence-corrected chi connectivity index (χ1v) is 5.77. The van der Waals surface area contributed by atoms with Gasteiger partial charge in [0.05, 0.1) is 7.11 Å². The van der Waals surface area contributed by atoms with Gasteiger partial charge in [0, 0.05) is 0 Å². The Morgan fingerprint density at radius 3 is 2.11 bits per heavy atom. The zero-order valence-electron chi connectivity index (χ0n) is 11.4. The minimum absolute atomic E-state index is 0.238. The van der Waals surface area contributed by atoms with E-state index in [1.165, 1.54) is 15.0 Å². The number of nitrogens with two attached hydrogens (primary N) is 1. The fraction of sp³-hybridized carbons (Fsp3) is 0.300. The van der Waals surface area contributed by atoms with Crippen molar-refractivity contribution in [1.82, 2.24) is 0 Å². The van der Waals surface area contributed by atoms with Crippen LogP contribution < -0.4 is 22.1 Å². The monoisotopic (exact) mass is 263 g/mol. The largest absolute Gasteiger partial charge is 0.505 e. The number of phenols is 2. The molecule has 0 aliphatic rings. The van der Waals surface area contributed by atoms with Crippen LogP contribution >= 0.6 is 0 Å². The number of aliphatic hydroxyl groups excluding tert-OH is 1. The highest BCUT2D eigenvalue weighted by atomic mass is 16.5. The number of ether oxygens (including phenoxy) is 1. The highest BCUT2D eigenvalue weighted by Crippen LogP contribution is 2.22. The number of carbonyl (C=O) groups is 1. The third kappa shape index (κ3) is 2.57. The minimum atomic E-state index is -1.32. The maximum absolute atomic E-state index is 11.4. The molecule has 1 rings (SSSR count). The Labute approximate surface area is 113 Å². The highest BCUT2D eigenvalue weighted by Gasteiger charge is 2.29. The molecule has 0 bridgehead atoms. The van der Waals surface area contributed by atoms with Gasteiger partial charge in [0.25, 0.3) is 0 Å². The van der Waals surface area contributed by atoms with Gasteiger partial charge in [-0.2, -0.15) is 0 Å². The molecule has 1 aromatic rings. The summed E-state index contributed by atoms with van der Waals surface area (Å²) in [5.74, 6) is -1.32. The molecule has 9 heteroatoms. The van der Waals surface area contributed by atoms with E-state index in [0.29, 0.717) is 16.5 Å². The lowest BCUT2D eigenvalue weighted by atomic mass is 9.69. The number of carbonyl (C=O) groups excluding carboxylic acids is 1. The quantitative estimate of drug-likeness (QED) is 0.245. The van der Waals surface area contributed by atoms with Crippen LogP contribution in [0.25, 0.3) is 0 Å². The van der Waals surface area contributed by atoms with Gasteiger partial charge >= 0.3 is 5.97 Å². The van der Waals surface area contributed by atoms with E-state index in [-0.39, 0.29) is 17.0 Å². The van der Waals surface area contributed by atoms with E-state index < -0.39 is 18.1 Å². The summed E-state index contributed by atoms with van der Waals surface area (Å²) in [5, 5.41) is 29.7. The molecule has 100 valence electrons. The molecule has 0 saturated heterocycles. The van der Waals surface area contributed by atoms with Crippen molar-refractivity contribution in [2.24, 2.45) is 5.73 Å². The first kappa shape index (κ1) is 15.5. The Kier molecular flexibility index (Phi) is 4.54. The SMILES string of the molecule is Bc1c(B)c([C@H](O)[C@H](N)C(=O)OC)c(B)c(O)c1O. The van der Waals surface area contributed by atoms with Crippen molar-refractivity contribution in [2.45, 2.75) is 12.1 Å². The van der Waals surface area contributed by atoms with Gasteiger partial charge in [-0.05, 0) is 11.0 Å². The van der Waals surface area contributed by atoms with E-state index in [0.717, 1.165) is 0 Å². The summed E-state index contributed by atoms with van der Waals surface area (Å²) in [6, 6.07) is -1.26. The molecule has 5 N–H and O–H groups in total. The number of rotatable bonds is 3. The van der Waals surface area contributed by atoms with Crippen LogP contribution in [0.15, 0.2) is 0 Å². The number of aromatic hydroxyl groups is 2. The van der Waals surface area contributed by atoms with Gasteiger partial charge in [-0.25, -0.2) is 0 Å². The number of esters is 1. The number of methoxy groups -OCH3 is 1. The first-order valence-electron chi connectivity index (χ1n) is 5.77. The summed E-state index contributed by atoms with van der Waals surface area (Å²) >= 11 is 0. The van der Waals surface area contributed by atoms with Crippen LogP contribution in [0.5, 0.6) is 11.5 Å². The van der Waals surface area contributed by atoms with Crippen molar-refractivity contribution < 1.29 is 24.9 Å². The van der Waals surface area contributed by atoms with Crippen LogP contribution in [0.1, 0.15) is 11.7 Å². The van der Waals surface area contributed by atoms with Crippen LogP contribution in [-0.4, -0.2) is 58.0 Å². The number of benzene rings is 1. The Morgan fingerprint density at radius 1 is 1.16 bits per heavy atom. The van der Waals surface area contributed by atoms with Crippen molar-refractivity contribution in [3.63, 3.8) is 0 Å². The fourth-order valence-corrected chi connectivity index (χ4v) is 2.03. The average Bonchev–Trinajstić information content (AvgIpc) is 2.41. The normalized spacial score (nSPS) is 13.8. The van der Waals surface area contributed by atoms with Gasteiger partial charge in [-0.1, -0.05) is 10.9 Å². The summed E-state index contributed by atoms with van der Waals surface area (Å²) in [6.07, 6.45) is -1.32. The molecule has 1 aromatic carbocycles. The zero-order chi connectivity index (χ0) is 14.9. The average molecular weight is 263 g/mol. The Bertz CT molecular complexity index is 493. The van der Waals surface area contributed by atoms with Crippen LogP contribution in [0.2, 0.25) is 0 Å². The number of phenolic OH excluding ortho intramolecular Hbond substituents is 2. The summed E-state index contributed by atoms with van der Waals surface area (Å²) in [5.41, 5.74) is 7.21. The molecule has 6 nitrogen and oxygen atoms in total. The second-order valence-corrected chi connectivity index (χ2v) is 4.48. The predicted molar refractivity (Wildman–Crippen MR) is 79.3 cm³/mol. The molecule has 0 spiro atoms. The Hall–Kier alpha value is -1.60. The molecule has 0 aromatic heterocycles. The third-order valence-corrected chi connectivity index (χ3v) is 3.41. The van der Waals surface area contributed by atoms with Crippen LogP contribution in [0.4, 0.5) is 0 Å². The molecule has 19 heavy (non-hydrogen) atoms. The topological polar surface area (TPSA) is 113 Å². The molecule has 0 fully saturated rings. The second kappa shape index (κ2) is 5.58. The summed E-state index contributed by atoms with van der Waals surface area (Å²) < 4.78 is 4.48. The minimum Gasteiger partial charge on any atom is -0.505 e. The molecular weight excluding hydrogens is 247 g/mol.